The molecule has 74 valence electrons. The molecule has 1 rings (SSSR count). The van der Waals surface area contributed by atoms with Crippen molar-refractivity contribution in [2.45, 2.75) is 4.90 Å². The van der Waals surface area contributed by atoms with Crippen molar-refractivity contribution in [1.82, 2.24) is 5.43 Å². The van der Waals surface area contributed by atoms with Crippen molar-refractivity contribution in [3.63, 3.8) is 0 Å². The van der Waals surface area contributed by atoms with Crippen molar-refractivity contribution in [3.8, 4) is 0 Å². The molecule has 0 aliphatic carbocycles. The molecule has 0 saturated carbocycles. The van der Waals surface area contributed by atoms with E-state index in [-0.39, 0.29) is 0 Å². The van der Waals surface area contributed by atoms with E-state index in [9.17, 15) is 4.79 Å². The van der Waals surface area contributed by atoms with Crippen molar-refractivity contribution < 1.29 is 4.79 Å². The van der Waals surface area contributed by atoms with Crippen LogP contribution in [-0.4, -0.2) is 18.5 Å². The zero-order valence-electron chi connectivity index (χ0n) is 7.73. The number of urea groups is 1. The van der Waals surface area contributed by atoms with Crippen LogP contribution in [0.4, 0.5) is 4.79 Å². The van der Waals surface area contributed by atoms with Gasteiger partial charge in [-0.25, -0.2) is 10.2 Å². The van der Waals surface area contributed by atoms with Gasteiger partial charge < -0.3 is 5.73 Å². The molecule has 0 unspecified atom stereocenters. The lowest BCUT2D eigenvalue weighted by atomic mass is 10.2. The number of primary amides is 1. The summed E-state index contributed by atoms with van der Waals surface area (Å²) in [5, 5.41) is 3.69. The molecule has 3 N–H and O–H groups in total. The van der Waals surface area contributed by atoms with E-state index in [1.54, 1.807) is 18.0 Å². The summed E-state index contributed by atoms with van der Waals surface area (Å²) < 4.78 is 0. The lowest BCUT2D eigenvalue weighted by Crippen LogP contribution is -2.24. The predicted octanol–water partition coefficient (Wildman–Crippen LogP) is 1.41. The van der Waals surface area contributed by atoms with Crippen LogP contribution >= 0.6 is 11.8 Å². The number of amides is 2. The molecular formula is C9H11N3OS. The van der Waals surface area contributed by atoms with Gasteiger partial charge >= 0.3 is 6.03 Å². The summed E-state index contributed by atoms with van der Waals surface area (Å²) in [5.74, 6) is 0. The number of nitrogens with zero attached hydrogens (tertiary/aromatic N) is 1. The maximum Gasteiger partial charge on any atom is 0.332 e. The van der Waals surface area contributed by atoms with Crippen molar-refractivity contribution in [1.29, 1.82) is 0 Å². The van der Waals surface area contributed by atoms with E-state index in [2.05, 4.69) is 10.5 Å². The molecule has 1 aromatic rings. The third kappa shape index (κ3) is 3.10. The first-order valence-electron chi connectivity index (χ1n) is 3.95. The highest BCUT2D eigenvalue weighted by atomic mass is 32.2. The molecule has 0 radical (unpaired) electrons. The van der Waals surface area contributed by atoms with Gasteiger partial charge in [-0.1, -0.05) is 18.2 Å². The maximum absolute atomic E-state index is 10.3. The SMILES string of the molecule is CSc1ccccc1/C=N/NC(N)=O. The van der Waals surface area contributed by atoms with Crippen LogP contribution in [0.15, 0.2) is 34.3 Å². The van der Waals surface area contributed by atoms with E-state index < -0.39 is 6.03 Å². The number of carbonyl (C=O) groups is 1. The van der Waals surface area contributed by atoms with Crippen LogP contribution < -0.4 is 11.2 Å². The summed E-state index contributed by atoms with van der Waals surface area (Å²) in [6.07, 6.45) is 3.55. The first kappa shape index (κ1) is 10.6. The fourth-order valence-corrected chi connectivity index (χ4v) is 1.51. The van der Waals surface area contributed by atoms with Crippen molar-refractivity contribution in [3.05, 3.63) is 29.8 Å². The van der Waals surface area contributed by atoms with E-state index in [4.69, 9.17) is 5.73 Å². The summed E-state index contributed by atoms with van der Waals surface area (Å²) >= 11 is 1.62. The Bertz CT molecular complexity index is 352. The minimum Gasteiger partial charge on any atom is -0.350 e. The number of rotatable bonds is 3. The lowest BCUT2D eigenvalue weighted by molar-refractivity contribution is 0.249. The van der Waals surface area contributed by atoms with Crippen LogP contribution in [0.2, 0.25) is 0 Å². The summed E-state index contributed by atoms with van der Waals surface area (Å²) in [6, 6.07) is 7.09. The second-order valence-electron chi connectivity index (χ2n) is 2.48. The van der Waals surface area contributed by atoms with Gasteiger partial charge in [-0.05, 0) is 12.3 Å². The van der Waals surface area contributed by atoms with E-state index >= 15 is 0 Å². The second kappa shape index (κ2) is 5.29. The zero-order chi connectivity index (χ0) is 10.4. The average Bonchev–Trinajstić information content (AvgIpc) is 2.18. The van der Waals surface area contributed by atoms with Gasteiger partial charge in [0.2, 0.25) is 0 Å². The molecule has 0 saturated heterocycles. The number of nitrogens with two attached hydrogens (primary N) is 1. The standard InChI is InChI=1S/C9H11N3OS/c1-14-8-5-3-2-4-7(8)6-11-12-9(10)13/h2-6H,1H3,(H3,10,12,13)/b11-6+. The largest absolute Gasteiger partial charge is 0.350 e. The summed E-state index contributed by atoms with van der Waals surface area (Å²) in [6.45, 7) is 0. The van der Waals surface area contributed by atoms with Gasteiger partial charge in [0.1, 0.15) is 0 Å². The van der Waals surface area contributed by atoms with Crippen molar-refractivity contribution in [2.75, 3.05) is 6.26 Å². The van der Waals surface area contributed by atoms with Crippen LogP contribution in [-0.2, 0) is 0 Å². The van der Waals surface area contributed by atoms with Gasteiger partial charge in [0.25, 0.3) is 0 Å². The normalized spacial score (nSPS) is 10.4. The molecule has 0 spiro atoms. The summed E-state index contributed by atoms with van der Waals surface area (Å²) in [7, 11) is 0. The van der Waals surface area contributed by atoms with E-state index in [0.717, 1.165) is 10.5 Å². The van der Waals surface area contributed by atoms with Crippen LogP contribution in [0.3, 0.4) is 0 Å². The Labute approximate surface area is 86.6 Å². The van der Waals surface area contributed by atoms with E-state index in [0.29, 0.717) is 0 Å². The first-order chi connectivity index (χ1) is 6.74. The minimum absolute atomic E-state index is 0.664. The Hall–Kier alpha value is -1.49. The second-order valence-corrected chi connectivity index (χ2v) is 3.32. The van der Waals surface area contributed by atoms with Crippen LogP contribution in [0.1, 0.15) is 5.56 Å². The van der Waals surface area contributed by atoms with Gasteiger partial charge in [0, 0.05) is 10.5 Å². The third-order valence-electron chi connectivity index (χ3n) is 1.52. The molecule has 0 aliphatic heterocycles. The van der Waals surface area contributed by atoms with Gasteiger partial charge in [0.05, 0.1) is 6.21 Å². The summed E-state index contributed by atoms with van der Waals surface area (Å²) in [5.41, 5.74) is 7.96. The highest BCUT2D eigenvalue weighted by Crippen LogP contribution is 2.17. The number of thioether (sulfide) groups is 1. The van der Waals surface area contributed by atoms with Crippen molar-refractivity contribution in [2.24, 2.45) is 10.8 Å². The molecule has 1 aromatic carbocycles. The molecule has 4 nitrogen and oxygen atoms in total. The molecule has 0 aromatic heterocycles. The third-order valence-corrected chi connectivity index (χ3v) is 2.33. The molecule has 2 amide bonds. The summed E-state index contributed by atoms with van der Waals surface area (Å²) in [4.78, 5) is 11.4. The van der Waals surface area contributed by atoms with Gasteiger partial charge in [0.15, 0.2) is 0 Å². The molecule has 0 aliphatic rings. The predicted molar refractivity (Wildman–Crippen MR) is 58.5 cm³/mol. The number of hydrogen-bond acceptors (Lipinski definition) is 3. The Morgan fingerprint density at radius 3 is 2.93 bits per heavy atom. The molecular weight excluding hydrogens is 198 g/mol. The fraction of sp³-hybridized carbons (Fsp3) is 0.111. The number of hydrogen-bond donors (Lipinski definition) is 2. The molecule has 0 fully saturated rings. The highest BCUT2D eigenvalue weighted by molar-refractivity contribution is 7.98. The number of benzene rings is 1. The van der Waals surface area contributed by atoms with Gasteiger partial charge in [-0.3, -0.25) is 0 Å². The molecule has 5 heteroatoms. The Kier molecular flexibility index (Phi) is 4.00. The average molecular weight is 209 g/mol. The number of nitrogens with one attached hydrogen (secondary N) is 1. The van der Waals surface area contributed by atoms with Crippen LogP contribution in [0.25, 0.3) is 0 Å². The highest BCUT2D eigenvalue weighted by Gasteiger charge is 1.96. The molecule has 0 bridgehead atoms. The maximum atomic E-state index is 10.3. The monoisotopic (exact) mass is 209 g/mol. The Balaban J connectivity index is 2.75. The number of carbonyl (C=O) groups excluding carboxylic acids is 1. The first-order valence-corrected chi connectivity index (χ1v) is 5.18. The fourth-order valence-electron chi connectivity index (χ4n) is 0.939. The number of hydrazone groups is 1. The van der Waals surface area contributed by atoms with Crippen LogP contribution in [0, 0.1) is 0 Å². The van der Waals surface area contributed by atoms with Gasteiger partial charge in [-0.2, -0.15) is 5.10 Å². The quantitative estimate of drug-likeness (QED) is 0.449. The lowest BCUT2D eigenvalue weighted by Gasteiger charge is -2.00. The molecule has 0 heterocycles. The Morgan fingerprint density at radius 2 is 2.29 bits per heavy atom. The minimum atomic E-state index is -0.664. The Morgan fingerprint density at radius 1 is 1.57 bits per heavy atom. The van der Waals surface area contributed by atoms with E-state index in [1.807, 2.05) is 30.5 Å². The van der Waals surface area contributed by atoms with Crippen molar-refractivity contribution >= 4 is 24.0 Å². The topological polar surface area (TPSA) is 67.5 Å². The van der Waals surface area contributed by atoms with E-state index in [1.165, 1.54) is 0 Å². The zero-order valence-corrected chi connectivity index (χ0v) is 8.54. The molecule has 14 heavy (non-hydrogen) atoms. The van der Waals surface area contributed by atoms with Gasteiger partial charge in [-0.15, -0.1) is 11.8 Å². The smallest absolute Gasteiger partial charge is 0.332 e. The molecule has 0 atom stereocenters. The van der Waals surface area contributed by atoms with Crippen LogP contribution in [0.5, 0.6) is 0 Å².